The summed E-state index contributed by atoms with van der Waals surface area (Å²) in [5.41, 5.74) is 2.33. The molecule has 2 heterocycles. The van der Waals surface area contributed by atoms with Crippen LogP contribution in [-0.4, -0.2) is 21.9 Å². The number of anilines is 1. The molecule has 3 aromatic rings. The molecule has 31 heavy (non-hydrogen) atoms. The summed E-state index contributed by atoms with van der Waals surface area (Å²) in [5, 5.41) is 9.52. The van der Waals surface area contributed by atoms with Crippen molar-refractivity contribution in [1.29, 1.82) is 0 Å². The van der Waals surface area contributed by atoms with E-state index in [1.165, 1.54) is 0 Å². The van der Waals surface area contributed by atoms with E-state index in [2.05, 4.69) is 15.7 Å². The molecular formula is C22H20ClF3N4O. The van der Waals surface area contributed by atoms with Gasteiger partial charge in [-0.1, -0.05) is 71.8 Å². The van der Waals surface area contributed by atoms with Gasteiger partial charge < -0.3 is 10.6 Å². The highest BCUT2D eigenvalue weighted by atomic mass is 35.5. The maximum Gasteiger partial charge on any atom is 0.410 e. The van der Waals surface area contributed by atoms with E-state index in [0.717, 1.165) is 15.8 Å². The number of hydrogen-bond acceptors (Lipinski definition) is 3. The van der Waals surface area contributed by atoms with Gasteiger partial charge in [-0.15, -0.1) is 0 Å². The van der Waals surface area contributed by atoms with Gasteiger partial charge in [0.15, 0.2) is 11.7 Å². The molecule has 2 aromatic carbocycles. The van der Waals surface area contributed by atoms with Crippen LogP contribution in [0.3, 0.4) is 0 Å². The Morgan fingerprint density at radius 1 is 1.19 bits per heavy atom. The second-order valence-corrected chi connectivity index (χ2v) is 7.90. The van der Waals surface area contributed by atoms with Gasteiger partial charge in [-0.3, -0.25) is 4.79 Å². The maximum atomic E-state index is 13.9. The Kier molecular flexibility index (Phi) is 5.66. The van der Waals surface area contributed by atoms with Crippen LogP contribution in [0.2, 0.25) is 5.02 Å². The molecular weight excluding hydrogens is 429 g/mol. The van der Waals surface area contributed by atoms with Crippen LogP contribution in [0.4, 0.5) is 19.0 Å². The monoisotopic (exact) mass is 448 g/mol. The summed E-state index contributed by atoms with van der Waals surface area (Å²) in [6.07, 6.45) is -4.81. The maximum absolute atomic E-state index is 13.9. The first kappa shape index (κ1) is 21.2. The van der Waals surface area contributed by atoms with Crippen molar-refractivity contribution in [1.82, 2.24) is 15.1 Å². The van der Waals surface area contributed by atoms with Crippen LogP contribution in [0.15, 0.2) is 54.6 Å². The second kappa shape index (κ2) is 8.26. The van der Waals surface area contributed by atoms with Crippen molar-refractivity contribution in [3.8, 4) is 0 Å². The summed E-state index contributed by atoms with van der Waals surface area (Å²) >= 11 is 6.34. The normalized spacial score (nSPS) is 18.2. The first-order valence-electron chi connectivity index (χ1n) is 9.74. The zero-order valence-corrected chi connectivity index (χ0v) is 17.3. The van der Waals surface area contributed by atoms with Gasteiger partial charge in [0.25, 0.3) is 5.91 Å². The third kappa shape index (κ3) is 4.39. The van der Waals surface area contributed by atoms with Gasteiger partial charge in [0, 0.05) is 13.0 Å². The number of carbonyl (C=O) groups is 1. The number of aryl methyl sites for hydroxylation is 1. The molecule has 0 aliphatic carbocycles. The number of carbonyl (C=O) groups excluding carboxylic acids is 1. The highest BCUT2D eigenvalue weighted by Gasteiger charge is 2.47. The molecule has 2 atom stereocenters. The van der Waals surface area contributed by atoms with Gasteiger partial charge in [0.2, 0.25) is 0 Å². The van der Waals surface area contributed by atoms with Crippen LogP contribution in [0.1, 0.15) is 45.7 Å². The zero-order valence-electron chi connectivity index (χ0n) is 16.6. The highest BCUT2D eigenvalue weighted by molar-refractivity contribution is 6.36. The molecule has 0 fully saturated rings. The molecule has 9 heteroatoms. The molecule has 0 spiro atoms. The number of nitrogens with one attached hydrogen (secondary N) is 2. The minimum atomic E-state index is -4.55. The number of fused-ring (bicyclic) bond motifs is 1. The minimum Gasteiger partial charge on any atom is -0.362 e. The SMILES string of the molecule is Cc1ccc([C@H]2C[C@H](C(F)(F)F)n3nc(C(=O)NCc4ccccc4)c(Cl)c3N2)cc1. The van der Waals surface area contributed by atoms with Crippen LogP contribution < -0.4 is 10.6 Å². The van der Waals surface area contributed by atoms with E-state index in [0.29, 0.717) is 5.56 Å². The third-order valence-electron chi connectivity index (χ3n) is 5.29. The van der Waals surface area contributed by atoms with E-state index < -0.39 is 24.2 Å². The van der Waals surface area contributed by atoms with Crippen molar-refractivity contribution < 1.29 is 18.0 Å². The summed E-state index contributed by atoms with van der Waals surface area (Å²) in [6.45, 7) is 2.11. The quantitative estimate of drug-likeness (QED) is 0.559. The third-order valence-corrected chi connectivity index (χ3v) is 5.64. The minimum absolute atomic E-state index is 0.00863. The molecule has 4 rings (SSSR count). The number of aromatic nitrogens is 2. The van der Waals surface area contributed by atoms with Crippen molar-refractivity contribution in [3.63, 3.8) is 0 Å². The molecule has 0 radical (unpaired) electrons. The number of hydrogen-bond donors (Lipinski definition) is 2. The lowest BCUT2D eigenvalue weighted by atomic mass is 9.96. The second-order valence-electron chi connectivity index (χ2n) is 7.52. The molecule has 1 amide bonds. The number of rotatable bonds is 4. The Bertz CT molecular complexity index is 1080. The largest absolute Gasteiger partial charge is 0.410 e. The number of alkyl halides is 3. The van der Waals surface area contributed by atoms with Crippen LogP contribution >= 0.6 is 11.6 Å². The average molecular weight is 449 g/mol. The van der Waals surface area contributed by atoms with Crippen molar-refractivity contribution >= 4 is 23.3 Å². The molecule has 162 valence electrons. The first-order chi connectivity index (χ1) is 14.7. The first-order valence-corrected chi connectivity index (χ1v) is 10.1. The summed E-state index contributed by atoms with van der Waals surface area (Å²) in [6, 6.07) is 13.9. The van der Waals surface area contributed by atoms with Gasteiger partial charge in [-0.25, -0.2) is 4.68 Å². The molecule has 2 N–H and O–H groups in total. The van der Waals surface area contributed by atoms with Crippen LogP contribution in [0.5, 0.6) is 0 Å². The smallest absolute Gasteiger partial charge is 0.362 e. The topological polar surface area (TPSA) is 59.0 Å². The summed E-state index contributed by atoms with van der Waals surface area (Å²) < 4.78 is 42.3. The van der Waals surface area contributed by atoms with Crippen LogP contribution in [0, 0.1) is 6.92 Å². The summed E-state index contributed by atoms with van der Waals surface area (Å²) in [5.74, 6) is -0.643. The van der Waals surface area contributed by atoms with E-state index in [9.17, 15) is 18.0 Å². The fraction of sp³-hybridized carbons (Fsp3) is 0.273. The van der Waals surface area contributed by atoms with Gasteiger partial charge in [-0.2, -0.15) is 18.3 Å². The number of benzene rings is 2. The molecule has 0 unspecified atom stereocenters. The lowest BCUT2D eigenvalue weighted by Gasteiger charge is -2.33. The standard InChI is InChI=1S/C22H20ClF3N4O/c1-13-7-9-15(10-8-13)16-11-17(22(24,25)26)30-20(28-16)18(23)19(29-30)21(31)27-12-14-5-3-2-4-6-14/h2-10,16-17,28H,11-12H2,1H3,(H,27,31)/t16-,17-/m1/s1. The van der Waals surface area contributed by atoms with Crippen molar-refractivity contribution in [2.24, 2.45) is 0 Å². The van der Waals surface area contributed by atoms with Crippen molar-refractivity contribution in [2.75, 3.05) is 5.32 Å². The zero-order chi connectivity index (χ0) is 22.2. The molecule has 1 aliphatic heterocycles. The molecule has 1 aliphatic rings. The Labute approximate surface area is 182 Å². The predicted octanol–water partition coefficient (Wildman–Crippen LogP) is 5.44. The Morgan fingerprint density at radius 3 is 2.52 bits per heavy atom. The average Bonchev–Trinajstić information content (AvgIpc) is 3.08. The summed E-state index contributed by atoms with van der Waals surface area (Å²) in [7, 11) is 0. The molecule has 1 aromatic heterocycles. The molecule has 5 nitrogen and oxygen atoms in total. The van der Waals surface area contributed by atoms with Crippen molar-refractivity contribution in [2.45, 2.75) is 38.1 Å². The Morgan fingerprint density at radius 2 is 1.87 bits per heavy atom. The molecule has 0 saturated heterocycles. The van der Waals surface area contributed by atoms with Gasteiger partial charge in [-0.05, 0) is 18.1 Å². The lowest BCUT2D eigenvalue weighted by molar-refractivity contribution is -0.173. The molecule has 0 saturated carbocycles. The predicted molar refractivity (Wildman–Crippen MR) is 112 cm³/mol. The van der Waals surface area contributed by atoms with Gasteiger partial charge in [0.05, 0.1) is 6.04 Å². The van der Waals surface area contributed by atoms with Crippen LogP contribution in [-0.2, 0) is 6.54 Å². The van der Waals surface area contributed by atoms with E-state index >= 15 is 0 Å². The number of halogens is 4. The highest BCUT2D eigenvalue weighted by Crippen LogP contribution is 2.46. The Hall–Kier alpha value is -3.00. The van der Waals surface area contributed by atoms with Gasteiger partial charge >= 0.3 is 6.18 Å². The fourth-order valence-electron chi connectivity index (χ4n) is 3.61. The Balaban J connectivity index is 1.64. The summed E-state index contributed by atoms with van der Waals surface area (Å²) in [4.78, 5) is 12.6. The van der Waals surface area contributed by atoms with Crippen molar-refractivity contribution in [3.05, 3.63) is 82.0 Å². The van der Waals surface area contributed by atoms with E-state index in [4.69, 9.17) is 11.6 Å². The van der Waals surface area contributed by atoms with E-state index in [1.807, 2.05) is 49.4 Å². The number of amides is 1. The fourth-order valence-corrected chi connectivity index (χ4v) is 3.88. The lowest BCUT2D eigenvalue weighted by Crippen LogP contribution is -2.35. The molecule has 0 bridgehead atoms. The van der Waals surface area contributed by atoms with E-state index in [1.54, 1.807) is 12.1 Å². The van der Waals surface area contributed by atoms with Crippen LogP contribution in [0.25, 0.3) is 0 Å². The number of nitrogens with zero attached hydrogens (tertiary/aromatic N) is 2. The van der Waals surface area contributed by atoms with E-state index in [-0.39, 0.29) is 29.5 Å². The van der Waals surface area contributed by atoms with Gasteiger partial charge in [0.1, 0.15) is 10.8 Å².